The lowest BCUT2D eigenvalue weighted by molar-refractivity contribution is 0.298. The van der Waals surface area contributed by atoms with E-state index in [4.69, 9.17) is 9.79 Å². The SMILES string of the molecule is CC(C)CSOP(=O)(O)O. The van der Waals surface area contributed by atoms with Crippen LogP contribution in [0.4, 0.5) is 0 Å². The molecule has 0 radical (unpaired) electrons. The van der Waals surface area contributed by atoms with E-state index in [1.807, 2.05) is 13.8 Å². The van der Waals surface area contributed by atoms with Gasteiger partial charge in [0, 0.05) is 17.8 Å². The molecule has 0 aromatic rings. The third-order valence-electron chi connectivity index (χ3n) is 0.551. The molecule has 4 nitrogen and oxygen atoms in total. The molecule has 0 spiro atoms. The average Bonchev–Trinajstić information content (AvgIpc) is 1.59. The molecule has 0 unspecified atom stereocenters. The summed E-state index contributed by atoms with van der Waals surface area (Å²) in [6.07, 6.45) is 0. The van der Waals surface area contributed by atoms with E-state index >= 15 is 0 Å². The minimum absolute atomic E-state index is 0.372. The van der Waals surface area contributed by atoms with Gasteiger partial charge in [0.2, 0.25) is 0 Å². The van der Waals surface area contributed by atoms with E-state index in [0.717, 1.165) is 12.0 Å². The molecule has 0 atom stereocenters. The topological polar surface area (TPSA) is 66.8 Å². The fourth-order valence-corrected chi connectivity index (χ4v) is 1.30. The highest BCUT2D eigenvalue weighted by atomic mass is 32.2. The third kappa shape index (κ3) is 8.46. The fourth-order valence-electron chi connectivity index (χ4n) is 0.235. The summed E-state index contributed by atoms with van der Waals surface area (Å²) in [5, 5.41) is 0. The molecule has 0 heterocycles. The smallest absolute Gasteiger partial charge is 0.302 e. The summed E-state index contributed by atoms with van der Waals surface area (Å²) in [5.74, 6) is 0.960. The second kappa shape index (κ2) is 4.36. The Morgan fingerprint density at radius 2 is 2.10 bits per heavy atom. The van der Waals surface area contributed by atoms with Gasteiger partial charge in [0.1, 0.15) is 0 Å². The van der Waals surface area contributed by atoms with Crippen LogP contribution in [-0.4, -0.2) is 15.5 Å². The van der Waals surface area contributed by atoms with Crippen LogP contribution < -0.4 is 0 Å². The molecule has 2 N–H and O–H groups in total. The molecular weight excluding hydrogens is 175 g/mol. The van der Waals surface area contributed by atoms with Gasteiger partial charge < -0.3 is 9.79 Å². The largest absolute Gasteiger partial charge is 0.480 e. The van der Waals surface area contributed by atoms with Crippen LogP contribution in [0.25, 0.3) is 0 Å². The van der Waals surface area contributed by atoms with Crippen LogP contribution >= 0.6 is 19.9 Å². The molecule has 0 aliphatic carbocycles. The zero-order valence-corrected chi connectivity index (χ0v) is 7.56. The number of phosphoric acid groups is 1. The van der Waals surface area contributed by atoms with Crippen molar-refractivity contribution in [2.45, 2.75) is 13.8 Å². The molecule has 0 aromatic heterocycles. The molecule has 62 valence electrons. The van der Waals surface area contributed by atoms with Crippen molar-refractivity contribution in [3.05, 3.63) is 0 Å². The highest BCUT2D eigenvalue weighted by Gasteiger charge is 2.14. The van der Waals surface area contributed by atoms with Crippen molar-refractivity contribution in [1.29, 1.82) is 0 Å². The van der Waals surface area contributed by atoms with Crippen LogP contribution in [0.1, 0.15) is 13.8 Å². The van der Waals surface area contributed by atoms with E-state index in [1.165, 1.54) is 0 Å². The molecule has 0 rings (SSSR count). The van der Waals surface area contributed by atoms with Crippen molar-refractivity contribution in [3.8, 4) is 0 Å². The maximum atomic E-state index is 10.1. The quantitative estimate of drug-likeness (QED) is 0.513. The number of rotatable bonds is 4. The zero-order chi connectivity index (χ0) is 8.20. The standard InChI is InChI=1S/C4H11O4PS/c1-4(2)3-10-8-9(5,6)7/h4H,3H2,1-2H3,(H2,5,6,7). The Bertz CT molecular complexity index is 131. The van der Waals surface area contributed by atoms with Crippen LogP contribution in [0.2, 0.25) is 0 Å². The van der Waals surface area contributed by atoms with Gasteiger partial charge in [-0.1, -0.05) is 13.8 Å². The van der Waals surface area contributed by atoms with Crippen LogP contribution in [0.5, 0.6) is 0 Å². The average molecular weight is 186 g/mol. The first-order chi connectivity index (χ1) is 4.42. The second-order valence-electron chi connectivity index (χ2n) is 2.24. The minimum atomic E-state index is -4.26. The van der Waals surface area contributed by atoms with E-state index in [2.05, 4.69) is 3.97 Å². The first kappa shape index (κ1) is 10.5. The summed E-state index contributed by atoms with van der Waals surface area (Å²) in [6.45, 7) is 3.88. The Hall–Kier alpha value is 0.460. The van der Waals surface area contributed by atoms with E-state index < -0.39 is 7.82 Å². The maximum Gasteiger partial charge on any atom is 0.480 e. The Morgan fingerprint density at radius 1 is 1.60 bits per heavy atom. The van der Waals surface area contributed by atoms with Crippen LogP contribution in [0.15, 0.2) is 0 Å². The summed E-state index contributed by atoms with van der Waals surface area (Å²) < 4.78 is 14.2. The molecule has 10 heavy (non-hydrogen) atoms. The normalized spacial score (nSPS) is 12.5. The van der Waals surface area contributed by atoms with E-state index in [1.54, 1.807) is 0 Å². The summed E-state index contributed by atoms with van der Waals surface area (Å²) in [4.78, 5) is 16.4. The Labute approximate surface area is 64.4 Å². The van der Waals surface area contributed by atoms with Gasteiger partial charge in [-0.05, 0) is 5.92 Å². The predicted octanol–water partition coefficient (Wildman–Crippen LogP) is 1.40. The summed E-state index contributed by atoms with van der Waals surface area (Å²) in [6, 6.07) is 0. The lowest BCUT2D eigenvalue weighted by Crippen LogP contribution is -1.90. The van der Waals surface area contributed by atoms with E-state index in [0.29, 0.717) is 11.7 Å². The van der Waals surface area contributed by atoms with Crippen molar-refractivity contribution >= 4 is 19.9 Å². The van der Waals surface area contributed by atoms with Crippen molar-refractivity contribution < 1.29 is 18.3 Å². The van der Waals surface area contributed by atoms with Crippen molar-refractivity contribution in [2.75, 3.05) is 5.75 Å². The fraction of sp³-hybridized carbons (Fsp3) is 1.00. The molecule has 0 fully saturated rings. The molecule has 0 aliphatic rings. The van der Waals surface area contributed by atoms with E-state index in [-0.39, 0.29) is 0 Å². The van der Waals surface area contributed by atoms with E-state index in [9.17, 15) is 4.57 Å². The summed E-state index contributed by atoms with van der Waals surface area (Å²) >= 11 is 0.805. The second-order valence-corrected chi connectivity index (χ2v) is 4.39. The number of hydrogen-bond donors (Lipinski definition) is 2. The Kier molecular flexibility index (Phi) is 4.56. The molecule has 0 aromatic carbocycles. The zero-order valence-electron chi connectivity index (χ0n) is 5.85. The molecular formula is C4H11O4PS. The van der Waals surface area contributed by atoms with Gasteiger partial charge in [0.05, 0.1) is 0 Å². The van der Waals surface area contributed by atoms with Gasteiger partial charge in [-0.2, -0.15) is 0 Å². The van der Waals surface area contributed by atoms with Gasteiger partial charge in [-0.3, -0.25) is 0 Å². The molecule has 6 heteroatoms. The first-order valence-electron chi connectivity index (χ1n) is 2.78. The van der Waals surface area contributed by atoms with Gasteiger partial charge in [0.15, 0.2) is 0 Å². The van der Waals surface area contributed by atoms with Gasteiger partial charge in [-0.15, -0.1) is 0 Å². The van der Waals surface area contributed by atoms with Gasteiger partial charge >= 0.3 is 7.82 Å². The lowest BCUT2D eigenvalue weighted by atomic mass is 10.3. The summed E-state index contributed by atoms with van der Waals surface area (Å²) in [7, 11) is -4.26. The number of hydrogen-bond acceptors (Lipinski definition) is 3. The molecule has 0 amide bonds. The van der Waals surface area contributed by atoms with Crippen LogP contribution in [0, 0.1) is 5.92 Å². The van der Waals surface area contributed by atoms with Crippen molar-refractivity contribution in [2.24, 2.45) is 5.92 Å². The monoisotopic (exact) mass is 186 g/mol. The third-order valence-corrected chi connectivity index (χ3v) is 2.55. The Morgan fingerprint density at radius 3 is 2.40 bits per heavy atom. The van der Waals surface area contributed by atoms with Crippen molar-refractivity contribution in [3.63, 3.8) is 0 Å². The van der Waals surface area contributed by atoms with Crippen LogP contribution in [0.3, 0.4) is 0 Å². The predicted molar refractivity (Wildman–Crippen MR) is 40.4 cm³/mol. The maximum absolute atomic E-state index is 10.1. The molecule has 0 bridgehead atoms. The minimum Gasteiger partial charge on any atom is -0.302 e. The van der Waals surface area contributed by atoms with Gasteiger partial charge in [-0.25, -0.2) is 8.54 Å². The Balaban J connectivity index is 3.30. The molecule has 0 saturated carbocycles. The highest BCUT2D eigenvalue weighted by molar-refractivity contribution is 7.97. The molecule has 0 aliphatic heterocycles. The highest BCUT2D eigenvalue weighted by Crippen LogP contribution is 2.41. The summed E-state index contributed by atoms with van der Waals surface area (Å²) in [5.41, 5.74) is 0. The lowest BCUT2D eigenvalue weighted by Gasteiger charge is -2.04. The van der Waals surface area contributed by atoms with Gasteiger partial charge in [0.25, 0.3) is 0 Å². The molecule has 0 saturated heterocycles. The van der Waals surface area contributed by atoms with Crippen molar-refractivity contribution in [1.82, 2.24) is 0 Å². The first-order valence-corrected chi connectivity index (χ1v) is 5.22. The van der Waals surface area contributed by atoms with Crippen LogP contribution in [-0.2, 0) is 8.54 Å².